The number of hydrogen-bond acceptors (Lipinski definition) is 6. The van der Waals surface area contributed by atoms with Crippen LogP contribution < -0.4 is 5.32 Å². The van der Waals surface area contributed by atoms with Crippen molar-refractivity contribution in [1.29, 1.82) is 0 Å². The Hall–Kier alpha value is -2.64. The molecule has 0 aliphatic carbocycles. The number of anilines is 1. The van der Waals surface area contributed by atoms with Crippen LogP contribution in [0.5, 0.6) is 0 Å². The van der Waals surface area contributed by atoms with Gasteiger partial charge in [-0.2, -0.15) is 0 Å². The average molecular weight is 457 g/mol. The third kappa shape index (κ3) is 5.35. The quantitative estimate of drug-likeness (QED) is 0.478. The van der Waals surface area contributed by atoms with Crippen molar-refractivity contribution in [2.24, 2.45) is 5.92 Å². The van der Waals surface area contributed by atoms with Gasteiger partial charge in [0.1, 0.15) is 11.6 Å². The molecule has 0 radical (unpaired) electrons. The molecule has 0 bridgehead atoms. The predicted octanol–water partition coefficient (Wildman–Crippen LogP) is 5.59. The zero-order chi connectivity index (χ0) is 21.8. The van der Waals surface area contributed by atoms with Gasteiger partial charge in [0.15, 0.2) is 0 Å². The van der Waals surface area contributed by atoms with Crippen LogP contribution in [0.25, 0.3) is 21.8 Å². The number of pyridine rings is 1. The first-order valence-corrected chi connectivity index (χ1v) is 11.6. The van der Waals surface area contributed by atoms with Crippen LogP contribution in [0.1, 0.15) is 19.5 Å². The van der Waals surface area contributed by atoms with Crippen molar-refractivity contribution in [2.45, 2.75) is 20.3 Å². The van der Waals surface area contributed by atoms with Crippen molar-refractivity contribution in [3.05, 3.63) is 52.6 Å². The predicted molar refractivity (Wildman–Crippen MR) is 126 cm³/mol. The maximum atomic E-state index is 11.5. The largest absolute Gasteiger partial charge is 0.448 e. The van der Waals surface area contributed by atoms with Gasteiger partial charge in [0.05, 0.1) is 17.3 Å². The molecule has 8 heteroatoms. The number of hydrogen-bond donors (Lipinski definition) is 1. The molecule has 1 fully saturated rings. The van der Waals surface area contributed by atoms with E-state index in [0.29, 0.717) is 37.2 Å². The second kappa shape index (κ2) is 9.66. The normalized spacial score (nSPS) is 13.7. The van der Waals surface area contributed by atoms with Crippen molar-refractivity contribution in [2.75, 3.05) is 31.6 Å². The summed E-state index contributed by atoms with van der Waals surface area (Å²) in [7, 11) is 0. The minimum absolute atomic E-state index is 0.250. The Kier molecular flexibility index (Phi) is 6.73. The van der Waals surface area contributed by atoms with E-state index in [0.717, 1.165) is 39.6 Å². The highest BCUT2D eigenvalue weighted by atomic mass is 35.5. The van der Waals surface area contributed by atoms with Gasteiger partial charge in [-0.25, -0.2) is 9.78 Å². The Balaban J connectivity index is 1.43. The Morgan fingerprint density at radius 1 is 1.29 bits per heavy atom. The molecule has 6 nitrogen and oxygen atoms in total. The number of ether oxygens (including phenoxy) is 1. The number of nitrogens with zero attached hydrogens (tertiary/aromatic N) is 3. The van der Waals surface area contributed by atoms with E-state index in [1.165, 1.54) is 0 Å². The fourth-order valence-electron chi connectivity index (χ4n) is 3.47. The number of cyclic esters (lactones) is 1. The number of benzene rings is 1. The van der Waals surface area contributed by atoms with Crippen LogP contribution in [-0.4, -0.2) is 47.2 Å². The molecular weight excluding hydrogens is 432 g/mol. The van der Waals surface area contributed by atoms with Crippen molar-refractivity contribution in [3.8, 4) is 21.8 Å². The van der Waals surface area contributed by atoms with Gasteiger partial charge in [0.25, 0.3) is 0 Å². The van der Waals surface area contributed by atoms with Crippen molar-refractivity contribution >= 4 is 34.7 Å². The molecule has 1 aliphatic rings. The van der Waals surface area contributed by atoms with Crippen LogP contribution >= 0.6 is 22.9 Å². The van der Waals surface area contributed by atoms with Crippen molar-refractivity contribution in [1.82, 2.24) is 14.9 Å². The summed E-state index contributed by atoms with van der Waals surface area (Å²) in [6.07, 6.45) is 2.55. The number of carbonyl (C=O) groups excluding carboxylic acids is 1. The first-order valence-electron chi connectivity index (χ1n) is 10.4. The lowest BCUT2D eigenvalue weighted by molar-refractivity contribution is 0.159. The highest BCUT2D eigenvalue weighted by Gasteiger charge is 2.20. The second-order valence-corrected chi connectivity index (χ2v) is 9.16. The molecule has 0 atom stereocenters. The number of thiazole rings is 1. The van der Waals surface area contributed by atoms with E-state index >= 15 is 0 Å². The summed E-state index contributed by atoms with van der Waals surface area (Å²) in [6.45, 7) is 6.72. The lowest BCUT2D eigenvalue weighted by Crippen LogP contribution is -2.29. The lowest BCUT2D eigenvalue weighted by Gasteiger charge is -2.14. The Bertz CT molecular complexity index is 1070. The molecule has 2 aromatic heterocycles. The van der Waals surface area contributed by atoms with Crippen LogP contribution in [0, 0.1) is 5.92 Å². The number of rotatable bonds is 8. The molecule has 0 unspecified atom stereocenters. The standard InChI is InChI=1S/C23H25ClN4O2S/c1-15(2)11-18-12-16(5-6-25-18)22-27-21(14-31-22)19-4-3-17(13-20(19)24)26-7-8-28-9-10-30-23(28)29/h3-6,12-15,26H,7-11H2,1-2H3. The Labute approximate surface area is 191 Å². The number of halogens is 1. The van der Waals surface area contributed by atoms with Crippen LogP contribution in [-0.2, 0) is 11.2 Å². The monoisotopic (exact) mass is 456 g/mol. The summed E-state index contributed by atoms with van der Waals surface area (Å²) in [5.74, 6) is 0.560. The van der Waals surface area contributed by atoms with Gasteiger partial charge >= 0.3 is 6.09 Å². The van der Waals surface area contributed by atoms with E-state index in [-0.39, 0.29) is 6.09 Å². The molecule has 1 amide bonds. The molecule has 31 heavy (non-hydrogen) atoms. The molecule has 3 heterocycles. The lowest BCUT2D eigenvalue weighted by atomic mass is 10.1. The average Bonchev–Trinajstić information content (AvgIpc) is 3.37. The molecule has 1 aliphatic heterocycles. The van der Waals surface area contributed by atoms with E-state index in [4.69, 9.17) is 21.3 Å². The minimum Gasteiger partial charge on any atom is -0.448 e. The fourth-order valence-corrected chi connectivity index (χ4v) is 4.56. The molecule has 162 valence electrons. The fraction of sp³-hybridized carbons (Fsp3) is 0.348. The smallest absolute Gasteiger partial charge is 0.409 e. The summed E-state index contributed by atoms with van der Waals surface area (Å²) in [6, 6.07) is 9.97. The summed E-state index contributed by atoms with van der Waals surface area (Å²) >= 11 is 8.16. The molecule has 0 spiro atoms. The summed E-state index contributed by atoms with van der Waals surface area (Å²) in [5, 5.41) is 6.93. The van der Waals surface area contributed by atoms with Gasteiger partial charge in [-0.3, -0.25) is 4.98 Å². The highest BCUT2D eigenvalue weighted by molar-refractivity contribution is 7.13. The molecule has 1 N–H and O–H groups in total. The van der Waals surface area contributed by atoms with Gasteiger partial charge < -0.3 is 15.0 Å². The van der Waals surface area contributed by atoms with E-state index in [9.17, 15) is 4.79 Å². The Morgan fingerprint density at radius 2 is 2.16 bits per heavy atom. The number of nitrogens with one attached hydrogen (secondary N) is 1. The first-order chi connectivity index (χ1) is 15.0. The van der Waals surface area contributed by atoms with Crippen LogP contribution in [0.2, 0.25) is 5.02 Å². The zero-order valence-electron chi connectivity index (χ0n) is 17.6. The topological polar surface area (TPSA) is 67.3 Å². The molecule has 4 rings (SSSR count). The summed E-state index contributed by atoms with van der Waals surface area (Å²) in [5.41, 5.74) is 4.83. The molecular formula is C23H25ClN4O2S. The molecule has 0 saturated carbocycles. The van der Waals surface area contributed by atoms with Crippen LogP contribution in [0.3, 0.4) is 0 Å². The molecule has 1 saturated heterocycles. The zero-order valence-corrected chi connectivity index (χ0v) is 19.2. The summed E-state index contributed by atoms with van der Waals surface area (Å²) in [4.78, 5) is 22.5. The van der Waals surface area contributed by atoms with Gasteiger partial charge in [0, 0.05) is 47.2 Å². The van der Waals surface area contributed by atoms with Gasteiger partial charge in [-0.15, -0.1) is 11.3 Å². The number of carbonyl (C=O) groups is 1. The highest BCUT2D eigenvalue weighted by Crippen LogP contribution is 2.34. The first kappa shape index (κ1) is 21.6. The SMILES string of the molecule is CC(C)Cc1cc(-c2nc(-c3ccc(NCCN4CCOC4=O)cc3Cl)cs2)ccn1. The Morgan fingerprint density at radius 3 is 2.90 bits per heavy atom. The minimum atomic E-state index is -0.250. The van der Waals surface area contributed by atoms with Crippen LogP contribution in [0.4, 0.5) is 10.5 Å². The molecule has 3 aromatic rings. The molecule has 1 aromatic carbocycles. The van der Waals surface area contributed by atoms with Crippen LogP contribution in [0.15, 0.2) is 41.9 Å². The van der Waals surface area contributed by atoms with Gasteiger partial charge in [-0.1, -0.05) is 25.4 Å². The van der Waals surface area contributed by atoms with Gasteiger partial charge in [-0.05, 0) is 42.7 Å². The number of aromatic nitrogens is 2. The van der Waals surface area contributed by atoms with Crippen molar-refractivity contribution < 1.29 is 9.53 Å². The van der Waals surface area contributed by atoms with Crippen molar-refractivity contribution in [3.63, 3.8) is 0 Å². The van der Waals surface area contributed by atoms with E-state index < -0.39 is 0 Å². The third-order valence-electron chi connectivity index (χ3n) is 4.99. The summed E-state index contributed by atoms with van der Waals surface area (Å²) < 4.78 is 4.94. The maximum Gasteiger partial charge on any atom is 0.409 e. The maximum absolute atomic E-state index is 11.5. The number of amides is 1. The third-order valence-corrected chi connectivity index (χ3v) is 6.19. The van der Waals surface area contributed by atoms with E-state index in [1.807, 2.05) is 35.8 Å². The van der Waals surface area contributed by atoms with Gasteiger partial charge in [0.2, 0.25) is 0 Å². The van der Waals surface area contributed by atoms with E-state index in [2.05, 4.69) is 30.2 Å². The second-order valence-electron chi connectivity index (χ2n) is 7.89. The van der Waals surface area contributed by atoms with E-state index in [1.54, 1.807) is 16.2 Å².